The SMILES string of the molecule is O[C@@H]1OC[C@H](OCc2ccccc2)[C@H](OCc2ccccc2)[C@@H]1OCc1ccccc1. The number of hydrogen-bond acceptors (Lipinski definition) is 5. The van der Waals surface area contributed by atoms with Crippen LogP contribution < -0.4 is 0 Å². The Morgan fingerprint density at radius 1 is 0.613 bits per heavy atom. The van der Waals surface area contributed by atoms with E-state index in [-0.39, 0.29) is 12.7 Å². The fourth-order valence-electron chi connectivity index (χ4n) is 3.59. The van der Waals surface area contributed by atoms with Gasteiger partial charge in [0.25, 0.3) is 0 Å². The molecule has 1 heterocycles. The first-order valence-electron chi connectivity index (χ1n) is 10.6. The molecule has 1 aliphatic heterocycles. The largest absolute Gasteiger partial charge is 0.368 e. The van der Waals surface area contributed by atoms with Crippen LogP contribution in [0.2, 0.25) is 0 Å². The van der Waals surface area contributed by atoms with Gasteiger partial charge in [-0.15, -0.1) is 0 Å². The third-order valence-corrected chi connectivity index (χ3v) is 5.28. The van der Waals surface area contributed by atoms with Gasteiger partial charge in [-0.25, -0.2) is 0 Å². The molecule has 4 atom stereocenters. The molecule has 0 unspecified atom stereocenters. The van der Waals surface area contributed by atoms with Crippen LogP contribution in [0.5, 0.6) is 0 Å². The molecule has 3 aromatic rings. The molecule has 1 N–H and O–H groups in total. The molecular formula is C26H28O5. The van der Waals surface area contributed by atoms with Crippen LogP contribution in [-0.2, 0) is 38.8 Å². The topological polar surface area (TPSA) is 57.2 Å². The molecule has 3 aromatic carbocycles. The van der Waals surface area contributed by atoms with Crippen LogP contribution >= 0.6 is 0 Å². The maximum Gasteiger partial charge on any atom is 0.183 e. The Morgan fingerprint density at radius 3 is 1.52 bits per heavy atom. The second kappa shape index (κ2) is 11.2. The zero-order valence-corrected chi connectivity index (χ0v) is 17.4. The Labute approximate surface area is 183 Å². The van der Waals surface area contributed by atoms with E-state index in [9.17, 15) is 5.11 Å². The molecular weight excluding hydrogens is 392 g/mol. The minimum absolute atomic E-state index is 0.235. The van der Waals surface area contributed by atoms with E-state index in [4.69, 9.17) is 18.9 Å². The lowest BCUT2D eigenvalue weighted by atomic mass is 10.0. The molecule has 0 bridgehead atoms. The molecule has 0 aromatic heterocycles. The molecule has 5 nitrogen and oxygen atoms in total. The van der Waals surface area contributed by atoms with E-state index in [0.29, 0.717) is 19.8 Å². The van der Waals surface area contributed by atoms with E-state index in [0.717, 1.165) is 16.7 Å². The predicted octanol–water partition coefficient (Wildman–Crippen LogP) is 4.09. The molecule has 1 saturated heterocycles. The summed E-state index contributed by atoms with van der Waals surface area (Å²) in [5.41, 5.74) is 3.13. The van der Waals surface area contributed by atoms with Crippen molar-refractivity contribution >= 4 is 0 Å². The van der Waals surface area contributed by atoms with Gasteiger partial charge in [-0.1, -0.05) is 91.0 Å². The summed E-state index contributed by atoms with van der Waals surface area (Å²) in [6.45, 7) is 1.41. The second-order valence-corrected chi connectivity index (χ2v) is 7.58. The van der Waals surface area contributed by atoms with Gasteiger partial charge < -0.3 is 24.1 Å². The van der Waals surface area contributed by atoms with Crippen molar-refractivity contribution in [3.8, 4) is 0 Å². The zero-order chi connectivity index (χ0) is 21.3. The van der Waals surface area contributed by atoms with Gasteiger partial charge in [0.1, 0.15) is 18.3 Å². The highest BCUT2D eigenvalue weighted by Gasteiger charge is 2.42. The molecule has 5 heteroatoms. The van der Waals surface area contributed by atoms with Crippen LogP contribution in [0.15, 0.2) is 91.0 Å². The summed E-state index contributed by atoms with van der Waals surface area (Å²) in [6, 6.07) is 29.8. The fourth-order valence-corrected chi connectivity index (χ4v) is 3.59. The summed E-state index contributed by atoms with van der Waals surface area (Å²) in [6.07, 6.45) is -2.59. The maximum absolute atomic E-state index is 10.5. The molecule has 0 aliphatic carbocycles. The van der Waals surface area contributed by atoms with Crippen molar-refractivity contribution in [1.29, 1.82) is 0 Å². The van der Waals surface area contributed by atoms with Crippen molar-refractivity contribution in [2.24, 2.45) is 0 Å². The van der Waals surface area contributed by atoms with Gasteiger partial charge in [0, 0.05) is 0 Å². The van der Waals surface area contributed by atoms with Crippen LogP contribution in [0, 0.1) is 0 Å². The molecule has 0 saturated carbocycles. The van der Waals surface area contributed by atoms with Gasteiger partial charge in [0.15, 0.2) is 6.29 Å². The molecule has 162 valence electrons. The van der Waals surface area contributed by atoms with Crippen LogP contribution in [0.25, 0.3) is 0 Å². The predicted molar refractivity (Wildman–Crippen MR) is 117 cm³/mol. The van der Waals surface area contributed by atoms with Gasteiger partial charge in [0.2, 0.25) is 0 Å². The number of rotatable bonds is 9. The second-order valence-electron chi connectivity index (χ2n) is 7.58. The summed E-state index contributed by atoms with van der Waals surface area (Å²) >= 11 is 0. The van der Waals surface area contributed by atoms with E-state index in [2.05, 4.69) is 0 Å². The van der Waals surface area contributed by atoms with E-state index in [1.807, 2.05) is 91.0 Å². The van der Waals surface area contributed by atoms with Gasteiger partial charge in [-0.05, 0) is 16.7 Å². The number of hydrogen-bond donors (Lipinski definition) is 1. The smallest absolute Gasteiger partial charge is 0.183 e. The van der Waals surface area contributed by atoms with Crippen LogP contribution in [0.4, 0.5) is 0 Å². The monoisotopic (exact) mass is 420 g/mol. The van der Waals surface area contributed by atoms with Crippen molar-refractivity contribution in [2.45, 2.75) is 44.4 Å². The third kappa shape index (κ3) is 6.23. The van der Waals surface area contributed by atoms with Crippen LogP contribution in [-0.4, -0.2) is 36.3 Å². The van der Waals surface area contributed by atoms with Crippen molar-refractivity contribution in [3.63, 3.8) is 0 Å². The summed E-state index contributed by atoms with van der Waals surface area (Å²) in [5.74, 6) is 0. The molecule has 0 amide bonds. The first kappa shape index (κ1) is 21.7. The molecule has 4 rings (SSSR count). The summed E-state index contributed by atoms with van der Waals surface area (Å²) in [7, 11) is 0. The van der Waals surface area contributed by atoms with E-state index in [1.54, 1.807) is 0 Å². The van der Waals surface area contributed by atoms with Crippen LogP contribution in [0.1, 0.15) is 16.7 Å². The van der Waals surface area contributed by atoms with Crippen molar-refractivity contribution in [3.05, 3.63) is 108 Å². The Morgan fingerprint density at radius 2 is 1.03 bits per heavy atom. The van der Waals surface area contributed by atoms with Gasteiger partial charge >= 0.3 is 0 Å². The van der Waals surface area contributed by atoms with Crippen LogP contribution in [0.3, 0.4) is 0 Å². The van der Waals surface area contributed by atoms with E-state index < -0.39 is 18.5 Å². The number of aliphatic hydroxyl groups is 1. The number of ether oxygens (including phenoxy) is 4. The minimum Gasteiger partial charge on any atom is -0.368 e. The average molecular weight is 421 g/mol. The normalized spacial score (nSPS) is 23.5. The molecule has 0 radical (unpaired) electrons. The lowest BCUT2D eigenvalue weighted by molar-refractivity contribution is -0.286. The lowest BCUT2D eigenvalue weighted by Crippen LogP contribution is -2.56. The minimum atomic E-state index is -1.08. The Balaban J connectivity index is 1.46. The maximum atomic E-state index is 10.5. The highest BCUT2D eigenvalue weighted by atomic mass is 16.7. The molecule has 0 spiro atoms. The fraction of sp³-hybridized carbons (Fsp3) is 0.308. The van der Waals surface area contributed by atoms with Crippen molar-refractivity contribution < 1.29 is 24.1 Å². The first-order valence-corrected chi connectivity index (χ1v) is 10.6. The van der Waals surface area contributed by atoms with Crippen molar-refractivity contribution in [2.75, 3.05) is 6.61 Å². The molecule has 1 fully saturated rings. The number of aliphatic hydroxyl groups excluding tert-OH is 1. The summed E-state index contributed by atoms with van der Waals surface area (Å²) in [4.78, 5) is 0. The first-order chi connectivity index (χ1) is 15.3. The van der Waals surface area contributed by atoms with E-state index >= 15 is 0 Å². The Hall–Kier alpha value is -2.54. The van der Waals surface area contributed by atoms with Gasteiger partial charge in [0.05, 0.1) is 26.4 Å². The standard InChI is InChI=1S/C26H28O5/c27-26-25(30-18-22-14-8-3-9-15-22)24(29-17-21-12-6-2-7-13-21)23(19-31-26)28-16-20-10-4-1-5-11-20/h1-15,23-27H,16-19H2/t23-,24-,25-,26+/m0/s1. The quantitative estimate of drug-likeness (QED) is 0.565. The average Bonchev–Trinajstić information content (AvgIpc) is 2.83. The highest BCUT2D eigenvalue weighted by molar-refractivity contribution is 5.15. The molecule has 1 aliphatic rings. The summed E-state index contributed by atoms with van der Waals surface area (Å²) in [5, 5.41) is 10.5. The molecule has 31 heavy (non-hydrogen) atoms. The Bertz CT molecular complexity index is 887. The highest BCUT2D eigenvalue weighted by Crippen LogP contribution is 2.25. The van der Waals surface area contributed by atoms with Gasteiger partial charge in [-0.2, -0.15) is 0 Å². The van der Waals surface area contributed by atoms with E-state index in [1.165, 1.54) is 0 Å². The number of benzene rings is 3. The van der Waals surface area contributed by atoms with Gasteiger partial charge in [-0.3, -0.25) is 0 Å². The third-order valence-electron chi connectivity index (χ3n) is 5.28. The van der Waals surface area contributed by atoms with Crippen molar-refractivity contribution in [1.82, 2.24) is 0 Å². The lowest BCUT2D eigenvalue weighted by Gasteiger charge is -2.40. The summed E-state index contributed by atoms with van der Waals surface area (Å²) < 4.78 is 24.1. The zero-order valence-electron chi connectivity index (χ0n) is 17.4. The Kier molecular flexibility index (Phi) is 7.82.